The van der Waals surface area contributed by atoms with Gasteiger partial charge in [-0.15, -0.1) is 6.42 Å². The predicted molar refractivity (Wildman–Crippen MR) is 124 cm³/mol. The van der Waals surface area contributed by atoms with E-state index >= 15 is 0 Å². The number of carbonyl (C=O) groups excluding carboxylic acids is 1. The Balaban J connectivity index is 1.61. The summed E-state index contributed by atoms with van der Waals surface area (Å²) in [6.07, 6.45) is 10.7. The lowest BCUT2D eigenvalue weighted by Crippen LogP contribution is -2.29. The third kappa shape index (κ3) is 3.80. The molecule has 0 radical (unpaired) electrons. The minimum atomic E-state index is -0.341. The van der Waals surface area contributed by atoms with Gasteiger partial charge in [0.1, 0.15) is 17.7 Å². The molecular weight excluding hydrogens is 419 g/mol. The van der Waals surface area contributed by atoms with Crippen LogP contribution in [0.5, 0.6) is 5.75 Å². The molecule has 0 bridgehead atoms. The first kappa shape index (κ1) is 20.7. The van der Waals surface area contributed by atoms with Crippen molar-refractivity contribution in [3.05, 3.63) is 66.4 Å². The number of nitrogens with zero attached hydrogens (tertiary/aromatic N) is 3. The lowest BCUT2D eigenvalue weighted by molar-refractivity contribution is -0.124. The minimum absolute atomic E-state index is 0.216. The van der Waals surface area contributed by atoms with Gasteiger partial charge in [-0.05, 0) is 43.2 Å². The number of hydrogen-bond donors (Lipinski definition) is 1. The Bertz CT molecular complexity index is 1410. The van der Waals surface area contributed by atoms with Crippen molar-refractivity contribution in [1.82, 2.24) is 19.9 Å². The highest BCUT2D eigenvalue weighted by Gasteiger charge is 2.28. The molecule has 3 aromatic heterocycles. The van der Waals surface area contributed by atoms with Crippen LogP contribution in [0.25, 0.3) is 33.4 Å². The molecule has 1 saturated heterocycles. The number of amides is 1. The number of nitrogens with one attached hydrogen (secondary N) is 1. The van der Waals surface area contributed by atoms with E-state index in [9.17, 15) is 9.18 Å². The van der Waals surface area contributed by atoms with Gasteiger partial charge in [0, 0.05) is 42.0 Å². The van der Waals surface area contributed by atoms with Gasteiger partial charge in [-0.3, -0.25) is 14.8 Å². The highest BCUT2D eigenvalue weighted by atomic mass is 19.1. The monoisotopic (exact) mass is 440 g/mol. The van der Waals surface area contributed by atoms with Crippen LogP contribution in [0, 0.1) is 25.1 Å². The van der Waals surface area contributed by atoms with E-state index in [1.807, 2.05) is 31.2 Å². The van der Waals surface area contributed by atoms with Crippen LogP contribution < -0.4 is 4.74 Å². The molecule has 1 aliphatic heterocycles. The number of hydrogen-bond acceptors (Lipinski definition) is 4. The molecule has 4 aromatic rings. The van der Waals surface area contributed by atoms with Crippen molar-refractivity contribution in [2.45, 2.75) is 19.4 Å². The zero-order chi connectivity index (χ0) is 22.9. The molecule has 1 aromatic carbocycles. The van der Waals surface area contributed by atoms with Crippen molar-refractivity contribution in [3.63, 3.8) is 0 Å². The fourth-order valence-corrected chi connectivity index (χ4v) is 4.28. The predicted octanol–water partition coefficient (Wildman–Crippen LogP) is 4.35. The molecule has 1 atom stereocenters. The number of rotatable bonds is 4. The number of pyridine rings is 2. The molecule has 1 amide bonds. The first-order valence-corrected chi connectivity index (χ1v) is 10.6. The van der Waals surface area contributed by atoms with Gasteiger partial charge < -0.3 is 14.6 Å². The smallest absolute Gasteiger partial charge is 0.298 e. The largest absolute Gasteiger partial charge is 0.486 e. The van der Waals surface area contributed by atoms with Crippen molar-refractivity contribution in [2.75, 3.05) is 13.1 Å². The van der Waals surface area contributed by atoms with Crippen molar-refractivity contribution >= 4 is 16.9 Å². The number of benzene rings is 1. The van der Waals surface area contributed by atoms with Gasteiger partial charge in [0.15, 0.2) is 0 Å². The highest BCUT2D eigenvalue weighted by molar-refractivity contribution is 6.02. The van der Waals surface area contributed by atoms with Crippen LogP contribution in [-0.2, 0) is 4.79 Å². The molecule has 7 heteroatoms. The highest BCUT2D eigenvalue weighted by Crippen LogP contribution is 2.42. The number of likely N-dealkylation sites (tertiary alicyclic amines) is 1. The Morgan fingerprint density at radius 1 is 1.27 bits per heavy atom. The van der Waals surface area contributed by atoms with Crippen LogP contribution >= 0.6 is 0 Å². The van der Waals surface area contributed by atoms with Gasteiger partial charge in [-0.25, -0.2) is 4.39 Å². The molecule has 1 fully saturated rings. The Morgan fingerprint density at radius 2 is 2.15 bits per heavy atom. The Hall–Kier alpha value is -4.18. The standard InChI is InChI=1S/C26H21FN4O2/c1-3-23(32)31-12-9-17(15-31)33-22-14-28-11-8-18(22)25-24(19-13-16(2)6-7-20(19)27)26-21(30-25)5-4-10-29-26/h1,4-8,10-11,13-14,17,30H,9,12,15H2,2H3/t17-/m1/s1. The second-order valence-corrected chi connectivity index (χ2v) is 8.05. The Morgan fingerprint density at radius 3 is 3.00 bits per heavy atom. The van der Waals surface area contributed by atoms with Crippen molar-refractivity contribution in [2.24, 2.45) is 0 Å². The summed E-state index contributed by atoms with van der Waals surface area (Å²) in [5.74, 6) is 2.02. The number of fused-ring (bicyclic) bond motifs is 1. The zero-order valence-corrected chi connectivity index (χ0v) is 18.0. The molecule has 33 heavy (non-hydrogen) atoms. The van der Waals surface area contributed by atoms with Gasteiger partial charge in [0.05, 0.1) is 29.5 Å². The molecule has 0 spiro atoms. The number of halogens is 1. The van der Waals surface area contributed by atoms with E-state index in [2.05, 4.69) is 20.9 Å². The lowest BCUT2D eigenvalue weighted by atomic mass is 9.98. The topological polar surface area (TPSA) is 71.1 Å². The third-order valence-electron chi connectivity index (χ3n) is 5.85. The molecule has 5 rings (SSSR count). The molecule has 1 N–H and O–H groups in total. The number of H-pyrrole nitrogens is 1. The van der Waals surface area contributed by atoms with E-state index in [0.29, 0.717) is 47.6 Å². The molecule has 0 saturated carbocycles. The molecule has 1 aliphatic rings. The second-order valence-electron chi connectivity index (χ2n) is 8.05. The molecule has 0 unspecified atom stereocenters. The number of carbonyl (C=O) groups is 1. The third-order valence-corrected chi connectivity index (χ3v) is 5.85. The first-order valence-electron chi connectivity index (χ1n) is 10.6. The van der Waals surface area contributed by atoms with Crippen molar-refractivity contribution in [3.8, 4) is 40.5 Å². The number of terminal acetylenes is 1. The fraction of sp³-hybridized carbons (Fsp3) is 0.192. The van der Waals surface area contributed by atoms with E-state index in [4.69, 9.17) is 11.2 Å². The summed E-state index contributed by atoms with van der Waals surface area (Å²) in [6, 6.07) is 10.6. The number of aromatic nitrogens is 3. The quantitative estimate of drug-likeness (QED) is 0.479. The minimum Gasteiger partial charge on any atom is -0.486 e. The van der Waals surface area contributed by atoms with E-state index in [1.165, 1.54) is 6.07 Å². The van der Waals surface area contributed by atoms with Gasteiger partial charge in [0.25, 0.3) is 5.91 Å². The van der Waals surface area contributed by atoms with E-state index < -0.39 is 0 Å². The SMILES string of the molecule is C#CC(=O)N1CC[C@@H](Oc2cnccc2-c2[nH]c3cccnc3c2-c2cc(C)ccc2F)C1. The van der Waals surface area contributed by atoms with Crippen molar-refractivity contribution in [1.29, 1.82) is 0 Å². The van der Waals surface area contributed by atoms with Gasteiger partial charge in [0.2, 0.25) is 0 Å². The zero-order valence-electron chi connectivity index (χ0n) is 18.0. The molecule has 164 valence electrons. The Kier molecular flexibility index (Phi) is 5.27. The normalized spacial score (nSPS) is 15.5. The van der Waals surface area contributed by atoms with E-state index in [0.717, 1.165) is 16.6 Å². The summed E-state index contributed by atoms with van der Waals surface area (Å²) < 4.78 is 21.3. The maximum absolute atomic E-state index is 15.0. The van der Waals surface area contributed by atoms with Crippen LogP contribution in [-0.4, -0.2) is 45.0 Å². The summed E-state index contributed by atoms with van der Waals surface area (Å²) >= 11 is 0. The van der Waals surface area contributed by atoms with Gasteiger partial charge in [-0.1, -0.05) is 11.6 Å². The van der Waals surface area contributed by atoms with Crippen LogP contribution in [0.2, 0.25) is 0 Å². The number of aryl methyl sites for hydroxylation is 1. The van der Waals surface area contributed by atoms with E-state index in [1.54, 1.807) is 29.6 Å². The van der Waals surface area contributed by atoms with E-state index in [-0.39, 0.29) is 17.8 Å². The van der Waals surface area contributed by atoms with Crippen LogP contribution in [0.1, 0.15) is 12.0 Å². The maximum atomic E-state index is 15.0. The summed E-state index contributed by atoms with van der Waals surface area (Å²) in [7, 11) is 0. The number of aromatic amines is 1. The Labute approximate surface area is 190 Å². The van der Waals surface area contributed by atoms with Gasteiger partial charge >= 0.3 is 0 Å². The van der Waals surface area contributed by atoms with Crippen molar-refractivity contribution < 1.29 is 13.9 Å². The summed E-state index contributed by atoms with van der Waals surface area (Å²) in [6.45, 7) is 2.87. The summed E-state index contributed by atoms with van der Waals surface area (Å²) in [5.41, 5.74) is 4.96. The second kappa shape index (κ2) is 8.40. The fourth-order valence-electron chi connectivity index (χ4n) is 4.28. The first-order chi connectivity index (χ1) is 16.0. The molecule has 4 heterocycles. The van der Waals surface area contributed by atoms with Crippen LogP contribution in [0.4, 0.5) is 4.39 Å². The average molecular weight is 440 g/mol. The number of ether oxygens (including phenoxy) is 1. The molecule has 0 aliphatic carbocycles. The van der Waals surface area contributed by atoms with Crippen LogP contribution in [0.3, 0.4) is 0 Å². The summed E-state index contributed by atoms with van der Waals surface area (Å²) in [4.78, 5) is 25.6. The average Bonchev–Trinajstić information content (AvgIpc) is 3.45. The van der Waals surface area contributed by atoms with Crippen LogP contribution in [0.15, 0.2) is 55.0 Å². The molecular formula is C26H21FN4O2. The van der Waals surface area contributed by atoms with Gasteiger partial charge in [-0.2, -0.15) is 0 Å². The lowest BCUT2D eigenvalue weighted by Gasteiger charge is -2.17. The molecule has 6 nitrogen and oxygen atoms in total. The summed E-state index contributed by atoms with van der Waals surface area (Å²) in [5, 5.41) is 0. The maximum Gasteiger partial charge on any atom is 0.298 e.